The van der Waals surface area contributed by atoms with Gasteiger partial charge in [0.15, 0.2) is 6.29 Å². The summed E-state index contributed by atoms with van der Waals surface area (Å²) in [5.74, 6) is 0. The molecule has 1 aromatic heterocycles. The van der Waals surface area contributed by atoms with Gasteiger partial charge in [-0.3, -0.25) is 0 Å². The van der Waals surface area contributed by atoms with Crippen LogP contribution in [0.4, 0.5) is 0 Å². The van der Waals surface area contributed by atoms with Gasteiger partial charge in [-0.15, -0.1) is 0 Å². The number of aliphatic hydroxyl groups excluding tert-OH is 1. The predicted molar refractivity (Wildman–Crippen MR) is 73.8 cm³/mol. The lowest BCUT2D eigenvalue weighted by atomic mass is 10.2. The molecule has 1 heterocycles. The first-order valence-electron chi connectivity index (χ1n) is 6.42. The monoisotopic (exact) mass is 273 g/mol. The summed E-state index contributed by atoms with van der Waals surface area (Å²) in [4.78, 5) is 0. The molecule has 0 aliphatic heterocycles. The van der Waals surface area contributed by atoms with Gasteiger partial charge in [-0.25, -0.2) is 0 Å². The van der Waals surface area contributed by atoms with Gasteiger partial charge in [-0.1, -0.05) is 0 Å². The van der Waals surface area contributed by atoms with Crippen molar-refractivity contribution in [2.75, 3.05) is 26.3 Å². The molecular weight excluding hydrogens is 250 g/mol. The first kappa shape index (κ1) is 15.6. The molecule has 18 heavy (non-hydrogen) atoms. The Morgan fingerprint density at radius 2 is 2.06 bits per heavy atom. The van der Waals surface area contributed by atoms with E-state index in [1.807, 2.05) is 30.7 Å². The van der Waals surface area contributed by atoms with E-state index < -0.39 is 6.10 Å². The van der Waals surface area contributed by atoms with E-state index in [4.69, 9.17) is 9.47 Å². The molecule has 1 aromatic rings. The summed E-state index contributed by atoms with van der Waals surface area (Å²) >= 11 is 1.60. The second-order valence-electron chi connectivity index (χ2n) is 3.91. The Morgan fingerprint density at radius 1 is 1.33 bits per heavy atom. The molecule has 0 saturated carbocycles. The summed E-state index contributed by atoms with van der Waals surface area (Å²) in [7, 11) is 0. The van der Waals surface area contributed by atoms with E-state index in [0.29, 0.717) is 19.8 Å². The second kappa shape index (κ2) is 9.47. The number of thiophene rings is 1. The third kappa shape index (κ3) is 5.93. The largest absolute Gasteiger partial charge is 0.387 e. The Kier molecular flexibility index (Phi) is 8.20. The van der Waals surface area contributed by atoms with Crippen LogP contribution in [-0.2, 0) is 9.47 Å². The number of hydrogen-bond acceptors (Lipinski definition) is 5. The molecule has 1 unspecified atom stereocenters. The molecule has 0 aliphatic rings. The summed E-state index contributed by atoms with van der Waals surface area (Å²) in [6.45, 7) is 6.55. The summed E-state index contributed by atoms with van der Waals surface area (Å²) < 4.78 is 10.9. The van der Waals surface area contributed by atoms with Crippen LogP contribution in [0.25, 0.3) is 0 Å². The van der Waals surface area contributed by atoms with E-state index in [1.54, 1.807) is 11.3 Å². The van der Waals surface area contributed by atoms with Gasteiger partial charge in [0.2, 0.25) is 0 Å². The van der Waals surface area contributed by atoms with Gasteiger partial charge in [-0.2, -0.15) is 11.3 Å². The zero-order valence-electron chi connectivity index (χ0n) is 11.1. The van der Waals surface area contributed by atoms with E-state index in [0.717, 1.165) is 18.5 Å². The quantitative estimate of drug-likeness (QED) is 0.507. The molecule has 5 heteroatoms. The highest BCUT2D eigenvalue weighted by Crippen LogP contribution is 2.15. The number of ether oxygens (including phenoxy) is 2. The van der Waals surface area contributed by atoms with Crippen LogP contribution < -0.4 is 5.32 Å². The highest BCUT2D eigenvalue weighted by atomic mass is 32.1. The maximum atomic E-state index is 9.86. The zero-order chi connectivity index (χ0) is 13.2. The van der Waals surface area contributed by atoms with Crippen molar-refractivity contribution in [1.82, 2.24) is 5.32 Å². The predicted octanol–water partition coefficient (Wildman–Crippen LogP) is 2.16. The van der Waals surface area contributed by atoms with Crippen LogP contribution in [0.3, 0.4) is 0 Å². The third-order valence-corrected chi connectivity index (χ3v) is 3.23. The van der Waals surface area contributed by atoms with E-state index in [9.17, 15) is 5.11 Å². The first-order valence-corrected chi connectivity index (χ1v) is 7.36. The topological polar surface area (TPSA) is 50.7 Å². The molecule has 4 nitrogen and oxygen atoms in total. The highest BCUT2D eigenvalue weighted by molar-refractivity contribution is 7.07. The average Bonchev–Trinajstić information content (AvgIpc) is 2.88. The van der Waals surface area contributed by atoms with E-state index in [1.165, 1.54) is 0 Å². The van der Waals surface area contributed by atoms with Crippen molar-refractivity contribution in [3.63, 3.8) is 0 Å². The normalized spacial score (nSPS) is 13.1. The molecule has 0 spiro atoms. The van der Waals surface area contributed by atoms with Gasteiger partial charge in [-0.05, 0) is 36.2 Å². The number of rotatable bonds is 10. The minimum absolute atomic E-state index is 0.147. The number of aliphatic hydroxyl groups is 1. The SMILES string of the molecule is CCOC(CCNCC(O)c1ccsc1)OCC. The van der Waals surface area contributed by atoms with Gasteiger partial charge < -0.3 is 19.9 Å². The Hall–Kier alpha value is -0.460. The van der Waals surface area contributed by atoms with Crippen LogP contribution in [0.5, 0.6) is 0 Å². The molecule has 1 rings (SSSR count). The Morgan fingerprint density at radius 3 is 2.61 bits per heavy atom. The van der Waals surface area contributed by atoms with Gasteiger partial charge in [0.05, 0.1) is 6.10 Å². The summed E-state index contributed by atoms with van der Waals surface area (Å²) in [6.07, 6.45) is 0.206. The smallest absolute Gasteiger partial charge is 0.158 e. The molecule has 0 amide bonds. The van der Waals surface area contributed by atoms with Crippen LogP contribution in [0.15, 0.2) is 16.8 Å². The van der Waals surface area contributed by atoms with Crippen LogP contribution in [0.1, 0.15) is 31.9 Å². The lowest BCUT2D eigenvalue weighted by Crippen LogP contribution is -2.27. The molecule has 1 atom stereocenters. The van der Waals surface area contributed by atoms with Crippen molar-refractivity contribution < 1.29 is 14.6 Å². The zero-order valence-corrected chi connectivity index (χ0v) is 11.9. The van der Waals surface area contributed by atoms with E-state index >= 15 is 0 Å². The van der Waals surface area contributed by atoms with Gasteiger partial charge in [0, 0.05) is 32.7 Å². The summed E-state index contributed by atoms with van der Waals surface area (Å²) in [5, 5.41) is 17.0. The van der Waals surface area contributed by atoms with Crippen molar-refractivity contribution in [2.24, 2.45) is 0 Å². The van der Waals surface area contributed by atoms with Crippen molar-refractivity contribution in [2.45, 2.75) is 32.7 Å². The van der Waals surface area contributed by atoms with Crippen molar-refractivity contribution in [1.29, 1.82) is 0 Å². The van der Waals surface area contributed by atoms with Gasteiger partial charge in [0.25, 0.3) is 0 Å². The maximum Gasteiger partial charge on any atom is 0.158 e. The lowest BCUT2D eigenvalue weighted by Gasteiger charge is -2.17. The van der Waals surface area contributed by atoms with Crippen molar-refractivity contribution in [3.8, 4) is 0 Å². The van der Waals surface area contributed by atoms with E-state index in [2.05, 4.69) is 5.32 Å². The molecule has 104 valence electrons. The summed E-state index contributed by atoms with van der Waals surface area (Å²) in [6, 6.07) is 1.94. The fourth-order valence-corrected chi connectivity index (χ4v) is 2.33. The van der Waals surface area contributed by atoms with Crippen molar-refractivity contribution in [3.05, 3.63) is 22.4 Å². The maximum absolute atomic E-state index is 9.86. The fraction of sp³-hybridized carbons (Fsp3) is 0.692. The molecule has 0 saturated heterocycles. The average molecular weight is 273 g/mol. The highest BCUT2D eigenvalue weighted by Gasteiger charge is 2.09. The number of hydrogen-bond donors (Lipinski definition) is 2. The summed E-state index contributed by atoms with van der Waals surface area (Å²) in [5.41, 5.74) is 0.971. The molecule has 0 bridgehead atoms. The standard InChI is InChI=1S/C13H23NO3S/c1-3-16-13(17-4-2)5-7-14-9-12(15)11-6-8-18-10-11/h6,8,10,12-15H,3-5,7,9H2,1-2H3. The molecule has 2 N–H and O–H groups in total. The molecular formula is C13H23NO3S. The fourth-order valence-electron chi connectivity index (χ4n) is 1.63. The number of nitrogens with one attached hydrogen (secondary N) is 1. The van der Waals surface area contributed by atoms with Crippen LogP contribution in [0, 0.1) is 0 Å². The first-order chi connectivity index (χ1) is 8.77. The molecule has 0 radical (unpaired) electrons. The van der Waals surface area contributed by atoms with E-state index in [-0.39, 0.29) is 6.29 Å². The Bertz CT molecular complexity index is 286. The minimum Gasteiger partial charge on any atom is -0.387 e. The van der Waals surface area contributed by atoms with Gasteiger partial charge >= 0.3 is 0 Å². The van der Waals surface area contributed by atoms with Crippen LogP contribution >= 0.6 is 11.3 Å². The van der Waals surface area contributed by atoms with Crippen LogP contribution in [-0.4, -0.2) is 37.7 Å². The van der Waals surface area contributed by atoms with Crippen LogP contribution in [0.2, 0.25) is 0 Å². The third-order valence-electron chi connectivity index (χ3n) is 2.53. The minimum atomic E-state index is -0.436. The Labute approximate surface area is 113 Å². The van der Waals surface area contributed by atoms with Crippen molar-refractivity contribution >= 4 is 11.3 Å². The lowest BCUT2D eigenvalue weighted by molar-refractivity contribution is -0.138. The Balaban J connectivity index is 2.13. The molecule has 0 aliphatic carbocycles. The second-order valence-corrected chi connectivity index (χ2v) is 4.69. The molecule has 0 aromatic carbocycles. The van der Waals surface area contributed by atoms with Gasteiger partial charge in [0.1, 0.15) is 0 Å². The molecule has 0 fully saturated rings.